The molecule has 0 heterocycles. The fraction of sp³-hybridized carbons (Fsp3) is 0.625. The Bertz CT molecular complexity index is 944. The summed E-state index contributed by atoms with van der Waals surface area (Å²) in [6, 6.07) is 1.81. The highest BCUT2D eigenvalue weighted by Crippen LogP contribution is 2.30. The molecule has 0 saturated heterocycles. The SMILES string of the molecule is COC(=O)[C@H](Cc1cccc(C(F)(F)F)c1)NC(=O)[C@@H](NC(=O)[C@H](CC(C)C)C[N+](=O)[O-])C(C)(C)C. The Kier molecular flexibility index (Phi) is 10.9. The van der Waals surface area contributed by atoms with E-state index in [1.54, 1.807) is 20.8 Å². The standard InChI is InChI=1S/C24H34F3N3O6/c1-14(2)10-16(13-30(34)35)20(31)29-19(23(3,4)5)21(32)28-18(22(33)36-6)12-15-8-7-9-17(11-15)24(25,26)27/h7-9,11,14,16,18-19H,10,12-13H2,1-6H3,(H,28,32)(H,29,31)/t16-,18+,19-/m1/s1. The van der Waals surface area contributed by atoms with E-state index in [9.17, 15) is 37.7 Å². The van der Waals surface area contributed by atoms with Crippen LogP contribution in [0.1, 0.15) is 52.2 Å². The first-order chi connectivity index (χ1) is 16.4. The van der Waals surface area contributed by atoms with Crippen LogP contribution < -0.4 is 10.6 Å². The Hall–Kier alpha value is -3.18. The van der Waals surface area contributed by atoms with Crippen molar-refractivity contribution in [3.05, 3.63) is 45.5 Å². The number of nitrogens with zero attached hydrogens (tertiary/aromatic N) is 1. The van der Waals surface area contributed by atoms with Crippen LogP contribution in [0.5, 0.6) is 0 Å². The number of hydrogen-bond acceptors (Lipinski definition) is 6. The van der Waals surface area contributed by atoms with Crippen LogP contribution in [0.3, 0.4) is 0 Å². The van der Waals surface area contributed by atoms with Crippen LogP contribution in [-0.2, 0) is 31.7 Å². The number of halogens is 3. The van der Waals surface area contributed by atoms with Crippen LogP contribution in [0, 0.1) is 27.4 Å². The van der Waals surface area contributed by atoms with Crippen molar-refractivity contribution < 1.29 is 37.2 Å². The van der Waals surface area contributed by atoms with E-state index in [1.807, 2.05) is 13.8 Å². The van der Waals surface area contributed by atoms with Gasteiger partial charge < -0.3 is 15.4 Å². The monoisotopic (exact) mass is 517 g/mol. The van der Waals surface area contributed by atoms with Crippen molar-refractivity contribution in [2.45, 2.75) is 65.7 Å². The number of carbonyl (C=O) groups is 3. The van der Waals surface area contributed by atoms with Gasteiger partial charge in [0.2, 0.25) is 18.4 Å². The molecule has 0 aliphatic rings. The topological polar surface area (TPSA) is 128 Å². The number of methoxy groups -OCH3 is 1. The quantitative estimate of drug-likeness (QED) is 0.263. The number of ether oxygens (including phenoxy) is 1. The van der Waals surface area contributed by atoms with Crippen molar-refractivity contribution in [1.82, 2.24) is 10.6 Å². The van der Waals surface area contributed by atoms with E-state index < -0.39 is 64.4 Å². The summed E-state index contributed by atoms with van der Waals surface area (Å²) in [7, 11) is 1.07. The van der Waals surface area contributed by atoms with Crippen molar-refractivity contribution in [1.29, 1.82) is 0 Å². The lowest BCUT2D eigenvalue weighted by Crippen LogP contribution is -2.58. The van der Waals surface area contributed by atoms with Crippen LogP contribution in [0.25, 0.3) is 0 Å². The molecule has 202 valence electrons. The van der Waals surface area contributed by atoms with Crippen LogP contribution in [0.15, 0.2) is 24.3 Å². The second kappa shape index (κ2) is 12.7. The molecular weight excluding hydrogens is 483 g/mol. The zero-order valence-electron chi connectivity index (χ0n) is 21.3. The van der Waals surface area contributed by atoms with Crippen molar-refractivity contribution in [3.8, 4) is 0 Å². The number of benzene rings is 1. The molecule has 0 radical (unpaired) electrons. The van der Waals surface area contributed by atoms with E-state index in [4.69, 9.17) is 4.74 Å². The molecule has 0 saturated carbocycles. The molecule has 2 N–H and O–H groups in total. The predicted molar refractivity (Wildman–Crippen MR) is 125 cm³/mol. The first-order valence-corrected chi connectivity index (χ1v) is 11.4. The van der Waals surface area contributed by atoms with Crippen molar-refractivity contribution >= 4 is 17.8 Å². The number of hydrogen-bond donors (Lipinski definition) is 2. The maximum absolute atomic E-state index is 13.2. The third-order valence-electron chi connectivity index (χ3n) is 5.41. The van der Waals surface area contributed by atoms with Crippen LogP contribution in [0.2, 0.25) is 0 Å². The average Bonchev–Trinajstić information content (AvgIpc) is 2.73. The van der Waals surface area contributed by atoms with Crippen molar-refractivity contribution in [3.63, 3.8) is 0 Å². The Balaban J connectivity index is 3.17. The number of rotatable bonds is 11. The van der Waals surface area contributed by atoms with Gasteiger partial charge in [0.15, 0.2) is 0 Å². The lowest BCUT2D eigenvalue weighted by molar-refractivity contribution is -0.486. The minimum atomic E-state index is -4.59. The molecule has 0 unspecified atom stereocenters. The lowest BCUT2D eigenvalue weighted by atomic mass is 9.85. The summed E-state index contributed by atoms with van der Waals surface area (Å²) in [6.07, 6.45) is -4.64. The highest BCUT2D eigenvalue weighted by molar-refractivity contribution is 5.92. The van der Waals surface area contributed by atoms with Gasteiger partial charge in [-0.2, -0.15) is 13.2 Å². The largest absolute Gasteiger partial charge is 0.467 e. The van der Waals surface area contributed by atoms with Crippen molar-refractivity contribution in [2.75, 3.05) is 13.7 Å². The third kappa shape index (κ3) is 9.82. The van der Waals surface area contributed by atoms with E-state index in [1.165, 1.54) is 12.1 Å². The van der Waals surface area contributed by atoms with Gasteiger partial charge in [-0.05, 0) is 29.4 Å². The van der Waals surface area contributed by atoms with Gasteiger partial charge in [0.1, 0.15) is 18.0 Å². The predicted octanol–water partition coefficient (Wildman–Crippen LogP) is 3.38. The molecule has 1 aromatic carbocycles. The second-order valence-electron chi connectivity index (χ2n) is 10.1. The Labute approximate surface area is 208 Å². The van der Waals surface area contributed by atoms with Gasteiger partial charge in [-0.25, -0.2) is 4.79 Å². The number of nitrogens with one attached hydrogen (secondary N) is 2. The van der Waals surface area contributed by atoms with Crippen LogP contribution in [-0.4, -0.2) is 48.4 Å². The van der Waals surface area contributed by atoms with E-state index in [0.717, 1.165) is 19.2 Å². The first kappa shape index (κ1) is 30.9. The van der Waals surface area contributed by atoms with E-state index in [-0.39, 0.29) is 24.3 Å². The molecule has 1 aromatic rings. The summed E-state index contributed by atoms with van der Waals surface area (Å²) in [4.78, 5) is 48.9. The summed E-state index contributed by atoms with van der Waals surface area (Å²) >= 11 is 0. The molecule has 0 aliphatic carbocycles. The molecule has 0 aliphatic heterocycles. The number of amides is 2. The van der Waals surface area contributed by atoms with Crippen LogP contribution in [0.4, 0.5) is 13.2 Å². The maximum Gasteiger partial charge on any atom is 0.416 e. The molecule has 1 rings (SSSR count). The zero-order valence-corrected chi connectivity index (χ0v) is 21.3. The summed E-state index contributed by atoms with van der Waals surface area (Å²) in [6.45, 7) is 7.97. The van der Waals surface area contributed by atoms with E-state index in [2.05, 4.69) is 10.6 Å². The smallest absolute Gasteiger partial charge is 0.416 e. The number of nitro groups is 1. The van der Waals surface area contributed by atoms with Crippen molar-refractivity contribution in [2.24, 2.45) is 17.3 Å². The minimum Gasteiger partial charge on any atom is -0.467 e. The van der Waals surface area contributed by atoms with E-state index >= 15 is 0 Å². The van der Waals surface area contributed by atoms with E-state index in [0.29, 0.717) is 0 Å². The normalized spacial score (nSPS) is 14.5. The Morgan fingerprint density at radius 2 is 1.69 bits per heavy atom. The molecule has 0 bridgehead atoms. The third-order valence-corrected chi connectivity index (χ3v) is 5.41. The van der Waals surface area contributed by atoms with Gasteiger partial charge in [-0.3, -0.25) is 19.7 Å². The Morgan fingerprint density at radius 3 is 2.17 bits per heavy atom. The molecule has 0 spiro atoms. The summed E-state index contributed by atoms with van der Waals surface area (Å²) in [5.41, 5.74) is -1.63. The highest BCUT2D eigenvalue weighted by Gasteiger charge is 2.38. The molecule has 12 heteroatoms. The molecular formula is C24H34F3N3O6. The number of esters is 1. The van der Waals surface area contributed by atoms with Crippen LogP contribution >= 0.6 is 0 Å². The lowest BCUT2D eigenvalue weighted by Gasteiger charge is -2.32. The summed E-state index contributed by atoms with van der Waals surface area (Å²) in [5, 5.41) is 16.1. The van der Waals surface area contributed by atoms with Gasteiger partial charge in [-0.1, -0.05) is 52.8 Å². The molecule has 36 heavy (non-hydrogen) atoms. The molecule has 2 amide bonds. The minimum absolute atomic E-state index is 0.0150. The van der Waals surface area contributed by atoms with Gasteiger partial charge in [0, 0.05) is 11.3 Å². The molecule has 9 nitrogen and oxygen atoms in total. The number of carbonyl (C=O) groups excluding carboxylic acids is 3. The zero-order chi connectivity index (χ0) is 27.8. The molecule has 0 fully saturated rings. The van der Waals surface area contributed by atoms with Gasteiger partial charge in [-0.15, -0.1) is 0 Å². The molecule has 3 atom stereocenters. The fourth-order valence-corrected chi connectivity index (χ4v) is 3.65. The number of alkyl halides is 3. The summed E-state index contributed by atoms with van der Waals surface area (Å²) < 4.78 is 44.0. The summed E-state index contributed by atoms with van der Waals surface area (Å²) in [5.74, 6) is -3.32. The Morgan fingerprint density at radius 1 is 1.08 bits per heavy atom. The maximum atomic E-state index is 13.2. The molecule has 0 aromatic heterocycles. The average molecular weight is 518 g/mol. The van der Waals surface area contributed by atoms with Gasteiger partial charge >= 0.3 is 12.1 Å². The fourth-order valence-electron chi connectivity index (χ4n) is 3.65. The first-order valence-electron chi connectivity index (χ1n) is 11.4. The highest BCUT2D eigenvalue weighted by atomic mass is 19.4. The van der Waals surface area contributed by atoms with Gasteiger partial charge in [0.05, 0.1) is 12.7 Å². The van der Waals surface area contributed by atoms with Gasteiger partial charge in [0.25, 0.3) is 0 Å². The second-order valence-corrected chi connectivity index (χ2v) is 10.1.